The first-order valence-corrected chi connectivity index (χ1v) is 6.54. The third-order valence-electron chi connectivity index (χ3n) is 2.77. The average Bonchev–Trinajstić information content (AvgIpc) is 2.65. The van der Waals surface area contributed by atoms with Gasteiger partial charge in [0.05, 0.1) is 22.1 Å². The van der Waals surface area contributed by atoms with Gasteiger partial charge in [-0.3, -0.25) is 4.57 Å². The summed E-state index contributed by atoms with van der Waals surface area (Å²) in [5, 5.41) is 0. The summed E-state index contributed by atoms with van der Waals surface area (Å²) in [6.45, 7) is 3.63. The van der Waals surface area contributed by atoms with Crippen LogP contribution in [0.5, 0.6) is 0 Å². The van der Waals surface area contributed by atoms with Crippen LogP contribution in [-0.2, 0) is 9.53 Å². The first-order chi connectivity index (χ1) is 8.95. The zero-order valence-electron chi connectivity index (χ0n) is 10.5. The predicted octanol–water partition coefficient (Wildman–Crippen LogP) is 2.64. The van der Waals surface area contributed by atoms with E-state index in [9.17, 15) is 9.18 Å². The van der Waals surface area contributed by atoms with Gasteiger partial charge in [0.25, 0.3) is 0 Å². The van der Waals surface area contributed by atoms with Crippen LogP contribution in [0.25, 0.3) is 11.0 Å². The van der Waals surface area contributed by atoms with Gasteiger partial charge in [0.15, 0.2) is 0 Å². The van der Waals surface area contributed by atoms with Crippen molar-refractivity contribution in [2.24, 2.45) is 0 Å². The maximum Gasteiger partial charge on any atom is 0.328 e. The van der Waals surface area contributed by atoms with Crippen LogP contribution in [-0.4, -0.2) is 22.1 Å². The molecule has 0 aliphatic carbocycles. The fourth-order valence-corrected chi connectivity index (χ4v) is 2.22. The number of benzene rings is 1. The van der Waals surface area contributed by atoms with Gasteiger partial charge in [-0.05, 0) is 35.8 Å². The first-order valence-electron chi connectivity index (χ1n) is 5.74. The third-order valence-corrected chi connectivity index (χ3v) is 3.38. The van der Waals surface area contributed by atoms with E-state index in [4.69, 9.17) is 10.5 Å². The minimum absolute atomic E-state index is 0.146. The zero-order valence-corrected chi connectivity index (χ0v) is 12.1. The van der Waals surface area contributed by atoms with Crippen LogP contribution >= 0.6 is 15.9 Å². The number of hydrogen-bond acceptors (Lipinski definition) is 4. The molecular formula is C12H13BrFN3O2. The molecule has 0 aliphatic heterocycles. The lowest BCUT2D eigenvalue weighted by Crippen LogP contribution is -2.20. The highest BCUT2D eigenvalue weighted by molar-refractivity contribution is 9.10. The second-order valence-corrected chi connectivity index (χ2v) is 4.88. The Labute approximate surface area is 117 Å². The number of halogens is 2. The molecule has 0 bridgehead atoms. The van der Waals surface area contributed by atoms with Crippen molar-refractivity contribution in [1.29, 1.82) is 0 Å². The van der Waals surface area contributed by atoms with Crippen molar-refractivity contribution >= 4 is 38.9 Å². The molecule has 2 N–H and O–H groups in total. The number of ether oxygens (including phenoxy) is 1. The highest BCUT2D eigenvalue weighted by Gasteiger charge is 2.22. The van der Waals surface area contributed by atoms with Gasteiger partial charge in [0.1, 0.15) is 11.9 Å². The average molecular weight is 330 g/mol. The lowest BCUT2D eigenvalue weighted by Gasteiger charge is -2.14. The Morgan fingerprint density at radius 1 is 1.63 bits per heavy atom. The number of nitrogens with zero attached hydrogens (tertiary/aromatic N) is 2. The summed E-state index contributed by atoms with van der Waals surface area (Å²) in [6, 6.07) is 2.15. The quantitative estimate of drug-likeness (QED) is 0.879. The van der Waals surface area contributed by atoms with Gasteiger partial charge in [-0.1, -0.05) is 0 Å². The molecule has 1 aromatic heterocycles. The van der Waals surface area contributed by atoms with E-state index < -0.39 is 17.8 Å². The molecule has 1 aromatic carbocycles. The predicted molar refractivity (Wildman–Crippen MR) is 73.1 cm³/mol. The van der Waals surface area contributed by atoms with Crippen molar-refractivity contribution in [3.63, 3.8) is 0 Å². The Morgan fingerprint density at radius 2 is 2.32 bits per heavy atom. The topological polar surface area (TPSA) is 70.1 Å². The van der Waals surface area contributed by atoms with Crippen LogP contribution in [0.2, 0.25) is 0 Å². The standard InChI is InChI=1S/C12H13BrFN3O2/c1-3-19-11(18)6(2)17-10-5-8(14)7(13)4-9(10)16-12(17)15/h4-6H,3H2,1-2H3,(H2,15,16). The smallest absolute Gasteiger partial charge is 0.328 e. The highest BCUT2D eigenvalue weighted by Crippen LogP contribution is 2.28. The van der Waals surface area contributed by atoms with Crippen LogP contribution in [0.4, 0.5) is 10.3 Å². The van der Waals surface area contributed by atoms with Gasteiger partial charge < -0.3 is 10.5 Å². The van der Waals surface area contributed by atoms with Crippen LogP contribution in [0.1, 0.15) is 19.9 Å². The normalized spacial score (nSPS) is 12.6. The van der Waals surface area contributed by atoms with Gasteiger partial charge >= 0.3 is 5.97 Å². The largest absolute Gasteiger partial charge is 0.464 e. The van der Waals surface area contributed by atoms with E-state index in [0.717, 1.165) is 0 Å². The zero-order chi connectivity index (χ0) is 14.2. The number of imidazole rings is 1. The molecule has 1 unspecified atom stereocenters. The molecule has 7 heteroatoms. The summed E-state index contributed by atoms with van der Waals surface area (Å²) in [7, 11) is 0. The molecule has 0 amide bonds. The monoisotopic (exact) mass is 329 g/mol. The lowest BCUT2D eigenvalue weighted by molar-refractivity contribution is -0.146. The van der Waals surface area contributed by atoms with Crippen LogP contribution in [0.3, 0.4) is 0 Å². The minimum atomic E-state index is -0.662. The summed E-state index contributed by atoms with van der Waals surface area (Å²) >= 11 is 3.08. The molecule has 2 rings (SSSR count). The molecule has 0 fully saturated rings. The van der Waals surface area contributed by atoms with E-state index in [2.05, 4.69) is 20.9 Å². The molecule has 19 heavy (non-hydrogen) atoms. The Hall–Kier alpha value is -1.63. The van der Waals surface area contributed by atoms with Gasteiger partial charge in [-0.15, -0.1) is 0 Å². The van der Waals surface area contributed by atoms with E-state index in [0.29, 0.717) is 15.5 Å². The van der Waals surface area contributed by atoms with E-state index in [1.54, 1.807) is 13.8 Å². The van der Waals surface area contributed by atoms with Crippen LogP contribution < -0.4 is 5.73 Å². The molecule has 102 valence electrons. The van der Waals surface area contributed by atoms with Gasteiger partial charge in [-0.2, -0.15) is 0 Å². The second kappa shape index (κ2) is 5.16. The van der Waals surface area contributed by atoms with E-state index in [-0.39, 0.29) is 12.6 Å². The van der Waals surface area contributed by atoms with Crippen molar-refractivity contribution in [1.82, 2.24) is 9.55 Å². The number of carbonyl (C=O) groups is 1. The minimum Gasteiger partial charge on any atom is -0.464 e. The lowest BCUT2D eigenvalue weighted by atomic mass is 10.2. The third kappa shape index (κ3) is 2.42. The van der Waals surface area contributed by atoms with Crippen molar-refractivity contribution < 1.29 is 13.9 Å². The number of aromatic nitrogens is 2. The van der Waals surface area contributed by atoms with Crippen LogP contribution in [0.15, 0.2) is 16.6 Å². The van der Waals surface area contributed by atoms with Gasteiger partial charge in [-0.25, -0.2) is 14.2 Å². The number of fused-ring (bicyclic) bond motifs is 1. The molecule has 0 spiro atoms. The number of nitrogens with two attached hydrogens (primary N) is 1. The number of carbonyl (C=O) groups excluding carboxylic acids is 1. The second-order valence-electron chi connectivity index (χ2n) is 4.02. The molecule has 0 radical (unpaired) electrons. The molecule has 0 aliphatic rings. The summed E-state index contributed by atoms with van der Waals surface area (Å²) < 4.78 is 20.3. The van der Waals surface area contributed by atoms with Crippen molar-refractivity contribution in [3.8, 4) is 0 Å². The van der Waals surface area contributed by atoms with Crippen LogP contribution in [0, 0.1) is 5.82 Å². The van der Waals surface area contributed by atoms with Crippen molar-refractivity contribution in [2.45, 2.75) is 19.9 Å². The number of nitrogen functional groups attached to an aromatic ring is 1. The molecule has 1 heterocycles. The maximum absolute atomic E-state index is 13.6. The molecule has 1 atom stereocenters. The van der Waals surface area contributed by atoms with E-state index >= 15 is 0 Å². The molecule has 0 saturated carbocycles. The Kier molecular flexibility index (Phi) is 3.75. The molecule has 5 nitrogen and oxygen atoms in total. The first kappa shape index (κ1) is 13.8. The SMILES string of the molecule is CCOC(=O)C(C)n1c(N)nc2cc(Br)c(F)cc21. The van der Waals surface area contributed by atoms with Crippen molar-refractivity contribution in [2.75, 3.05) is 12.3 Å². The molecule has 0 saturated heterocycles. The summed E-state index contributed by atoms with van der Waals surface area (Å²) in [5.41, 5.74) is 6.77. The number of hydrogen-bond donors (Lipinski definition) is 1. The highest BCUT2D eigenvalue weighted by atomic mass is 79.9. The fourth-order valence-electron chi connectivity index (χ4n) is 1.88. The van der Waals surface area contributed by atoms with Gasteiger partial charge in [0, 0.05) is 6.07 Å². The Bertz CT molecular complexity index is 641. The van der Waals surface area contributed by atoms with Crippen molar-refractivity contribution in [3.05, 3.63) is 22.4 Å². The maximum atomic E-state index is 13.6. The molecule has 2 aromatic rings. The number of esters is 1. The summed E-state index contributed by atoms with van der Waals surface area (Å²) in [4.78, 5) is 15.9. The number of rotatable bonds is 3. The summed E-state index contributed by atoms with van der Waals surface area (Å²) in [6.07, 6.45) is 0. The Balaban J connectivity index is 2.56. The summed E-state index contributed by atoms with van der Waals surface area (Å²) in [5.74, 6) is -0.727. The molecular weight excluding hydrogens is 317 g/mol. The fraction of sp³-hybridized carbons (Fsp3) is 0.333. The van der Waals surface area contributed by atoms with E-state index in [1.165, 1.54) is 16.7 Å². The number of anilines is 1. The van der Waals surface area contributed by atoms with Gasteiger partial charge in [0.2, 0.25) is 5.95 Å². The Morgan fingerprint density at radius 3 is 2.95 bits per heavy atom. The van der Waals surface area contributed by atoms with E-state index in [1.807, 2.05) is 0 Å².